The van der Waals surface area contributed by atoms with E-state index >= 15 is 0 Å². The lowest BCUT2D eigenvalue weighted by molar-refractivity contribution is -0.116. The third kappa shape index (κ3) is 4.42. The fourth-order valence-corrected chi connectivity index (χ4v) is 2.31. The van der Waals surface area contributed by atoms with Crippen molar-refractivity contribution in [1.29, 1.82) is 0 Å². The number of carbonyl (C=O) groups is 2. The van der Waals surface area contributed by atoms with Crippen LogP contribution in [-0.4, -0.2) is 18.4 Å². The van der Waals surface area contributed by atoms with E-state index in [9.17, 15) is 9.59 Å². The molecule has 0 aliphatic carbocycles. The minimum Gasteiger partial charge on any atom is -0.352 e. The van der Waals surface area contributed by atoms with Crippen molar-refractivity contribution in [3.05, 3.63) is 64.7 Å². The summed E-state index contributed by atoms with van der Waals surface area (Å²) in [7, 11) is 0. The molecule has 2 aromatic rings. The van der Waals surface area contributed by atoms with E-state index in [-0.39, 0.29) is 18.2 Å². The SMILES string of the molecule is Cc1ccccc1C(=O)NCCC(=O)Nc1cccc(C)c1C. The molecule has 0 atom stereocenters. The van der Waals surface area contributed by atoms with Crippen molar-refractivity contribution >= 4 is 17.5 Å². The lowest BCUT2D eigenvalue weighted by Crippen LogP contribution is -2.28. The van der Waals surface area contributed by atoms with Crippen LogP contribution in [0, 0.1) is 20.8 Å². The van der Waals surface area contributed by atoms with Crippen molar-refractivity contribution in [3.63, 3.8) is 0 Å². The van der Waals surface area contributed by atoms with Crippen molar-refractivity contribution in [1.82, 2.24) is 5.32 Å². The zero-order valence-electron chi connectivity index (χ0n) is 13.8. The van der Waals surface area contributed by atoms with Crippen LogP contribution in [0.1, 0.15) is 33.5 Å². The highest BCUT2D eigenvalue weighted by molar-refractivity contribution is 5.96. The summed E-state index contributed by atoms with van der Waals surface area (Å²) in [5.74, 6) is -0.258. The highest BCUT2D eigenvalue weighted by atomic mass is 16.2. The third-order valence-corrected chi connectivity index (χ3v) is 3.91. The van der Waals surface area contributed by atoms with Gasteiger partial charge < -0.3 is 10.6 Å². The van der Waals surface area contributed by atoms with Crippen LogP contribution >= 0.6 is 0 Å². The Labute approximate surface area is 136 Å². The molecule has 0 unspecified atom stereocenters. The van der Waals surface area contributed by atoms with Gasteiger partial charge in [-0.25, -0.2) is 0 Å². The van der Waals surface area contributed by atoms with Gasteiger partial charge in [0.1, 0.15) is 0 Å². The van der Waals surface area contributed by atoms with E-state index in [4.69, 9.17) is 0 Å². The number of aryl methyl sites for hydroxylation is 2. The molecule has 2 amide bonds. The Balaban J connectivity index is 1.84. The predicted octanol–water partition coefficient (Wildman–Crippen LogP) is 3.37. The van der Waals surface area contributed by atoms with Gasteiger partial charge in [0.2, 0.25) is 5.91 Å². The molecule has 0 saturated carbocycles. The molecule has 0 spiro atoms. The lowest BCUT2D eigenvalue weighted by atomic mass is 10.1. The number of benzene rings is 2. The number of nitrogens with one attached hydrogen (secondary N) is 2. The van der Waals surface area contributed by atoms with Gasteiger partial charge in [0.05, 0.1) is 0 Å². The molecule has 2 rings (SSSR count). The van der Waals surface area contributed by atoms with Crippen molar-refractivity contribution in [2.45, 2.75) is 27.2 Å². The van der Waals surface area contributed by atoms with Gasteiger partial charge in [0.15, 0.2) is 0 Å². The topological polar surface area (TPSA) is 58.2 Å². The Hall–Kier alpha value is -2.62. The highest BCUT2D eigenvalue weighted by Crippen LogP contribution is 2.17. The van der Waals surface area contributed by atoms with Gasteiger partial charge in [0, 0.05) is 24.2 Å². The molecule has 4 nitrogen and oxygen atoms in total. The summed E-state index contributed by atoms with van der Waals surface area (Å²) in [6.45, 7) is 6.18. The van der Waals surface area contributed by atoms with E-state index in [1.807, 2.05) is 57.2 Å². The summed E-state index contributed by atoms with van der Waals surface area (Å²) in [6, 6.07) is 13.2. The average Bonchev–Trinajstić information content (AvgIpc) is 2.52. The number of carbonyl (C=O) groups excluding carboxylic acids is 2. The number of amides is 2. The summed E-state index contributed by atoms with van der Waals surface area (Å²) in [4.78, 5) is 24.1. The standard InChI is InChI=1S/C19H22N2O2/c1-13-8-6-10-17(15(13)3)21-18(22)11-12-20-19(23)16-9-5-4-7-14(16)2/h4-10H,11-12H2,1-3H3,(H,20,23)(H,21,22). The van der Waals surface area contributed by atoms with Crippen LogP contribution in [0.5, 0.6) is 0 Å². The fourth-order valence-electron chi connectivity index (χ4n) is 2.31. The Morgan fingerprint density at radius 2 is 1.61 bits per heavy atom. The molecule has 120 valence electrons. The van der Waals surface area contributed by atoms with Crippen LogP contribution in [0.4, 0.5) is 5.69 Å². The Morgan fingerprint density at radius 1 is 0.913 bits per heavy atom. The number of hydrogen-bond acceptors (Lipinski definition) is 2. The molecule has 0 heterocycles. The van der Waals surface area contributed by atoms with Crippen molar-refractivity contribution in [3.8, 4) is 0 Å². The van der Waals surface area contributed by atoms with Crippen LogP contribution < -0.4 is 10.6 Å². The van der Waals surface area contributed by atoms with Crippen LogP contribution in [0.2, 0.25) is 0 Å². The highest BCUT2D eigenvalue weighted by Gasteiger charge is 2.09. The largest absolute Gasteiger partial charge is 0.352 e. The molecule has 0 aliphatic rings. The monoisotopic (exact) mass is 310 g/mol. The van der Waals surface area contributed by atoms with E-state index in [0.717, 1.165) is 22.4 Å². The van der Waals surface area contributed by atoms with Crippen molar-refractivity contribution < 1.29 is 9.59 Å². The summed E-state index contributed by atoms with van der Waals surface area (Å²) in [6.07, 6.45) is 0.241. The maximum Gasteiger partial charge on any atom is 0.251 e. The molecular weight excluding hydrogens is 288 g/mol. The molecule has 0 saturated heterocycles. The quantitative estimate of drug-likeness (QED) is 0.889. The predicted molar refractivity (Wildman–Crippen MR) is 92.7 cm³/mol. The van der Waals surface area contributed by atoms with E-state index in [1.165, 1.54) is 0 Å². The lowest BCUT2D eigenvalue weighted by Gasteiger charge is -2.11. The number of rotatable bonds is 5. The maximum absolute atomic E-state index is 12.1. The van der Waals surface area contributed by atoms with Crippen LogP contribution in [-0.2, 0) is 4.79 Å². The van der Waals surface area contributed by atoms with E-state index in [2.05, 4.69) is 10.6 Å². The van der Waals surface area contributed by atoms with Crippen LogP contribution in [0.15, 0.2) is 42.5 Å². The number of anilines is 1. The molecule has 4 heteroatoms. The van der Waals surface area contributed by atoms with Gasteiger partial charge in [-0.3, -0.25) is 9.59 Å². The molecule has 0 aliphatic heterocycles. The molecule has 23 heavy (non-hydrogen) atoms. The normalized spacial score (nSPS) is 10.2. The maximum atomic E-state index is 12.1. The molecule has 2 aromatic carbocycles. The molecular formula is C19H22N2O2. The Kier molecular flexibility index (Phi) is 5.52. The van der Waals surface area contributed by atoms with Crippen LogP contribution in [0.3, 0.4) is 0 Å². The van der Waals surface area contributed by atoms with Crippen molar-refractivity contribution in [2.24, 2.45) is 0 Å². The van der Waals surface area contributed by atoms with Crippen molar-refractivity contribution in [2.75, 3.05) is 11.9 Å². The van der Waals surface area contributed by atoms with Gasteiger partial charge in [-0.1, -0.05) is 30.3 Å². The van der Waals surface area contributed by atoms with E-state index in [1.54, 1.807) is 6.07 Å². The Bertz CT molecular complexity index is 723. The summed E-state index contributed by atoms with van der Waals surface area (Å²) >= 11 is 0. The minimum absolute atomic E-state index is 0.108. The Morgan fingerprint density at radius 3 is 2.35 bits per heavy atom. The third-order valence-electron chi connectivity index (χ3n) is 3.91. The first-order valence-corrected chi connectivity index (χ1v) is 7.69. The first-order valence-electron chi connectivity index (χ1n) is 7.69. The zero-order chi connectivity index (χ0) is 16.8. The fraction of sp³-hybridized carbons (Fsp3) is 0.263. The van der Waals surface area contributed by atoms with Gasteiger partial charge in [-0.2, -0.15) is 0 Å². The average molecular weight is 310 g/mol. The smallest absolute Gasteiger partial charge is 0.251 e. The second-order valence-corrected chi connectivity index (χ2v) is 5.62. The summed E-state index contributed by atoms with van der Waals surface area (Å²) < 4.78 is 0. The first kappa shape index (κ1) is 16.7. The minimum atomic E-state index is -0.150. The second-order valence-electron chi connectivity index (χ2n) is 5.62. The zero-order valence-corrected chi connectivity index (χ0v) is 13.8. The molecule has 0 fully saturated rings. The first-order chi connectivity index (χ1) is 11.0. The molecule has 0 radical (unpaired) electrons. The summed E-state index contributed by atoms with van der Waals surface area (Å²) in [5, 5.41) is 5.67. The molecule has 0 aromatic heterocycles. The molecule has 0 bridgehead atoms. The molecule has 2 N–H and O–H groups in total. The summed E-state index contributed by atoms with van der Waals surface area (Å²) in [5.41, 5.74) is 4.58. The van der Waals surface area contributed by atoms with Gasteiger partial charge in [-0.15, -0.1) is 0 Å². The van der Waals surface area contributed by atoms with E-state index < -0.39 is 0 Å². The van der Waals surface area contributed by atoms with Crippen LogP contribution in [0.25, 0.3) is 0 Å². The van der Waals surface area contributed by atoms with Gasteiger partial charge >= 0.3 is 0 Å². The second kappa shape index (κ2) is 7.58. The number of hydrogen-bond donors (Lipinski definition) is 2. The van der Waals surface area contributed by atoms with Gasteiger partial charge in [0.25, 0.3) is 5.91 Å². The van der Waals surface area contributed by atoms with Gasteiger partial charge in [-0.05, 0) is 49.6 Å². The van der Waals surface area contributed by atoms with E-state index in [0.29, 0.717) is 12.1 Å².